The first-order valence-corrected chi connectivity index (χ1v) is 3.52. The summed E-state index contributed by atoms with van der Waals surface area (Å²) < 4.78 is 0. The van der Waals surface area contributed by atoms with Crippen LogP contribution in [-0.4, -0.2) is 30.7 Å². The molecule has 60 valence electrons. The maximum Gasteiger partial charge on any atom is 0.189 e. The first-order valence-electron chi connectivity index (χ1n) is 2.99. The standard InChI is InChI=1S/C7H9ClN2O/c1-10(2)5-6(4-9)7(11)3-8/h5H,3H2,1-2H3/b6-5+. The molecule has 0 radical (unpaired) electrons. The Hall–Kier alpha value is -1.01. The van der Waals surface area contributed by atoms with Crippen molar-refractivity contribution >= 4 is 17.4 Å². The van der Waals surface area contributed by atoms with Crippen LogP contribution in [0, 0.1) is 11.3 Å². The molecule has 0 rings (SSSR count). The summed E-state index contributed by atoms with van der Waals surface area (Å²) in [5, 5.41) is 8.45. The zero-order valence-electron chi connectivity index (χ0n) is 6.47. The van der Waals surface area contributed by atoms with Gasteiger partial charge in [-0.05, 0) is 0 Å². The molecule has 0 aliphatic heterocycles. The van der Waals surface area contributed by atoms with Crippen molar-refractivity contribution in [1.29, 1.82) is 5.26 Å². The number of ketones is 1. The maximum atomic E-state index is 10.8. The van der Waals surface area contributed by atoms with Gasteiger partial charge in [0, 0.05) is 20.3 Å². The predicted molar refractivity (Wildman–Crippen MR) is 43.1 cm³/mol. The molecule has 0 saturated carbocycles. The highest BCUT2D eigenvalue weighted by molar-refractivity contribution is 6.30. The van der Waals surface area contributed by atoms with Gasteiger partial charge in [0.25, 0.3) is 0 Å². The van der Waals surface area contributed by atoms with Crippen molar-refractivity contribution in [3.8, 4) is 6.07 Å². The Balaban J connectivity index is 4.43. The first kappa shape index (κ1) is 9.99. The van der Waals surface area contributed by atoms with E-state index in [1.165, 1.54) is 6.20 Å². The molecule has 0 aliphatic carbocycles. The van der Waals surface area contributed by atoms with Gasteiger partial charge in [-0.1, -0.05) is 0 Å². The molecule has 4 heteroatoms. The smallest absolute Gasteiger partial charge is 0.189 e. The third kappa shape index (κ3) is 3.64. The van der Waals surface area contributed by atoms with E-state index in [9.17, 15) is 4.79 Å². The van der Waals surface area contributed by atoms with Crippen LogP contribution in [0.25, 0.3) is 0 Å². The zero-order valence-corrected chi connectivity index (χ0v) is 7.22. The summed E-state index contributed by atoms with van der Waals surface area (Å²) in [6, 6.07) is 1.77. The normalized spacial score (nSPS) is 10.5. The molecule has 3 nitrogen and oxygen atoms in total. The summed E-state index contributed by atoms with van der Waals surface area (Å²) in [5.41, 5.74) is 0.0880. The van der Waals surface area contributed by atoms with Gasteiger partial charge in [0.1, 0.15) is 11.6 Å². The van der Waals surface area contributed by atoms with Gasteiger partial charge in [0.15, 0.2) is 5.78 Å². The molecule has 0 aromatic heterocycles. The molecule has 0 fully saturated rings. The second kappa shape index (κ2) is 4.75. The van der Waals surface area contributed by atoms with Crippen molar-refractivity contribution < 1.29 is 4.79 Å². The molecule has 0 amide bonds. The molecular formula is C7H9ClN2O. The molecule has 0 unspecified atom stereocenters. The summed E-state index contributed by atoms with van der Waals surface area (Å²) in [6.07, 6.45) is 1.45. The fourth-order valence-electron chi connectivity index (χ4n) is 0.493. The van der Waals surface area contributed by atoms with E-state index >= 15 is 0 Å². The summed E-state index contributed by atoms with van der Waals surface area (Å²) >= 11 is 5.25. The summed E-state index contributed by atoms with van der Waals surface area (Å²) in [6.45, 7) is 0. The Labute approximate surface area is 70.9 Å². The Morgan fingerprint density at radius 2 is 2.27 bits per heavy atom. The van der Waals surface area contributed by atoms with Crippen molar-refractivity contribution in [2.75, 3.05) is 20.0 Å². The number of hydrogen-bond acceptors (Lipinski definition) is 3. The van der Waals surface area contributed by atoms with Gasteiger partial charge >= 0.3 is 0 Å². The van der Waals surface area contributed by atoms with Gasteiger partial charge < -0.3 is 4.90 Å². The summed E-state index contributed by atoms with van der Waals surface area (Å²) in [4.78, 5) is 12.5. The number of nitrogens with zero attached hydrogens (tertiary/aromatic N) is 2. The van der Waals surface area contributed by atoms with Crippen molar-refractivity contribution in [2.24, 2.45) is 0 Å². The third-order valence-electron chi connectivity index (χ3n) is 0.930. The SMILES string of the molecule is CN(C)/C=C(\C#N)C(=O)CCl. The molecule has 0 aromatic rings. The average molecular weight is 173 g/mol. The van der Waals surface area contributed by atoms with Crippen molar-refractivity contribution in [1.82, 2.24) is 4.90 Å². The molecule has 0 bridgehead atoms. The highest BCUT2D eigenvalue weighted by Crippen LogP contribution is 1.97. The average Bonchev–Trinajstić information content (AvgIpc) is 1.98. The molecule has 0 aromatic carbocycles. The van der Waals surface area contributed by atoms with E-state index in [0.29, 0.717) is 0 Å². The first-order chi connectivity index (χ1) is 5.11. The van der Waals surface area contributed by atoms with E-state index in [1.807, 2.05) is 0 Å². The molecule has 0 aliphatic rings. The molecule has 0 heterocycles. The fraction of sp³-hybridized carbons (Fsp3) is 0.429. The Bertz CT molecular complexity index is 215. The van der Waals surface area contributed by atoms with Gasteiger partial charge in [-0.2, -0.15) is 5.26 Å². The number of carbonyl (C=O) groups is 1. The molecule has 0 atom stereocenters. The van der Waals surface area contributed by atoms with Crippen LogP contribution in [0.3, 0.4) is 0 Å². The molecule has 0 N–H and O–H groups in total. The van der Waals surface area contributed by atoms with Crippen LogP contribution in [0.4, 0.5) is 0 Å². The Morgan fingerprint density at radius 1 is 1.73 bits per heavy atom. The Kier molecular flexibility index (Phi) is 4.32. The van der Waals surface area contributed by atoms with E-state index in [1.54, 1.807) is 25.1 Å². The van der Waals surface area contributed by atoms with E-state index in [4.69, 9.17) is 16.9 Å². The number of nitriles is 1. The molecule has 0 spiro atoms. The lowest BCUT2D eigenvalue weighted by Gasteiger charge is -2.03. The van der Waals surface area contributed by atoms with Gasteiger partial charge in [-0.25, -0.2) is 0 Å². The zero-order chi connectivity index (χ0) is 8.85. The number of Topliss-reactive ketones (excluding diaryl/α,β-unsaturated/α-hetero) is 1. The van der Waals surface area contributed by atoms with E-state index < -0.39 is 0 Å². The minimum Gasteiger partial charge on any atom is -0.382 e. The largest absolute Gasteiger partial charge is 0.382 e. The van der Waals surface area contributed by atoms with Crippen molar-refractivity contribution in [2.45, 2.75) is 0 Å². The van der Waals surface area contributed by atoms with Crippen molar-refractivity contribution in [3.63, 3.8) is 0 Å². The fourth-order valence-corrected chi connectivity index (χ4v) is 0.637. The number of rotatable bonds is 3. The Morgan fingerprint density at radius 3 is 2.55 bits per heavy atom. The van der Waals surface area contributed by atoms with Crippen LogP contribution in [0.5, 0.6) is 0 Å². The van der Waals surface area contributed by atoms with Gasteiger partial charge in [0.05, 0.1) is 5.88 Å². The number of alkyl halides is 1. The van der Waals surface area contributed by atoms with Crippen LogP contribution >= 0.6 is 11.6 Å². The number of halogens is 1. The number of allylic oxidation sites excluding steroid dienone is 1. The van der Waals surface area contributed by atoms with Gasteiger partial charge in [0.2, 0.25) is 0 Å². The van der Waals surface area contributed by atoms with Crippen LogP contribution in [0.1, 0.15) is 0 Å². The van der Waals surface area contributed by atoms with Crippen LogP contribution in [0.2, 0.25) is 0 Å². The summed E-state index contributed by atoms with van der Waals surface area (Å²) in [7, 11) is 3.47. The van der Waals surface area contributed by atoms with Crippen molar-refractivity contribution in [3.05, 3.63) is 11.8 Å². The topological polar surface area (TPSA) is 44.1 Å². The lowest BCUT2D eigenvalue weighted by atomic mass is 10.2. The van der Waals surface area contributed by atoms with Crippen LogP contribution < -0.4 is 0 Å². The second-order valence-electron chi connectivity index (χ2n) is 2.17. The lowest BCUT2D eigenvalue weighted by Crippen LogP contribution is -2.09. The van der Waals surface area contributed by atoms with Gasteiger partial charge in [-0.3, -0.25) is 4.79 Å². The quantitative estimate of drug-likeness (QED) is 0.359. The molecule has 11 heavy (non-hydrogen) atoms. The lowest BCUT2D eigenvalue weighted by molar-refractivity contribution is -0.113. The number of carbonyl (C=O) groups excluding carboxylic acids is 1. The monoisotopic (exact) mass is 172 g/mol. The third-order valence-corrected chi connectivity index (χ3v) is 1.17. The number of hydrogen-bond donors (Lipinski definition) is 0. The minimum absolute atomic E-state index is 0.0880. The predicted octanol–water partition coefficient (Wildman–Crippen LogP) is 0.763. The van der Waals surface area contributed by atoms with E-state index in [2.05, 4.69) is 0 Å². The second-order valence-corrected chi connectivity index (χ2v) is 2.44. The maximum absolute atomic E-state index is 10.8. The van der Waals surface area contributed by atoms with Crippen LogP contribution in [0.15, 0.2) is 11.8 Å². The highest BCUT2D eigenvalue weighted by Gasteiger charge is 2.06. The van der Waals surface area contributed by atoms with Crippen LogP contribution in [-0.2, 0) is 4.79 Å². The highest BCUT2D eigenvalue weighted by atomic mass is 35.5. The van der Waals surface area contributed by atoms with E-state index in [0.717, 1.165) is 0 Å². The van der Waals surface area contributed by atoms with Gasteiger partial charge in [-0.15, -0.1) is 11.6 Å². The molecule has 0 saturated heterocycles. The molecular weight excluding hydrogens is 164 g/mol. The summed E-state index contributed by atoms with van der Waals surface area (Å²) in [5.74, 6) is -0.490. The minimum atomic E-state index is -0.345. The van der Waals surface area contributed by atoms with E-state index in [-0.39, 0.29) is 17.2 Å².